The number of hydrogen-bond acceptors (Lipinski definition) is 2. The van der Waals surface area contributed by atoms with Gasteiger partial charge < -0.3 is 10.2 Å². The van der Waals surface area contributed by atoms with Crippen LogP contribution in [0, 0.1) is 12.7 Å². The number of amides is 2. The second kappa shape index (κ2) is 7.54. The highest BCUT2D eigenvalue weighted by Crippen LogP contribution is 2.06. The lowest BCUT2D eigenvalue weighted by atomic mass is 10.1. The molecule has 1 N–H and O–H groups in total. The molecule has 0 spiro atoms. The highest BCUT2D eigenvalue weighted by molar-refractivity contribution is 5.96. The normalized spacial score (nSPS) is 10.2. The van der Waals surface area contributed by atoms with Gasteiger partial charge in [0.15, 0.2) is 0 Å². The number of nitrogens with zero attached hydrogens (tertiary/aromatic N) is 1. The molecule has 0 heterocycles. The van der Waals surface area contributed by atoms with Gasteiger partial charge in [0.05, 0.1) is 6.54 Å². The third-order valence-corrected chi connectivity index (χ3v) is 3.47. The van der Waals surface area contributed by atoms with E-state index in [-0.39, 0.29) is 24.2 Å². The van der Waals surface area contributed by atoms with Crippen molar-refractivity contribution in [3.05, 3.63) is 71.0 Å². The van der Waals surface area contributed by atoms with Crippen molar-refractivity contribution >= 4 is 11.8 Å². The summed E-state index contributed by atoms with van der Waals surface area (Å²) in [5, 5.41) is 2.60. The van der Waals surface area contributed by atoms with E-state index in [4.69, 9.17) is 0 Å². The molecule has 2 aromatic carbocycles. The second-order valence-corrected chi connectivity index (χ2v) is 5.42. The van der Waals surface area contributed by atoms with Gasteiger partial charge in [-0.2, -0.15) is 0 Å². The number of aryl methyl sites for hydroxylation is 1. The maximum absolute atomic E-state index is 12.9. The van der Waals surface area contributed by atoms with E-state index in [0.717, 1.165) is 11.1 Å². The van der Waals surface area contributed by atoms with E-state index < -0.39 is 0 Å². The number of hydrogen-bond donors (Lipinski definition) is 1. The molecule has 120 valence electrons. The number of benzene rings is 2. The molecule has 2 aromatic rings. The van der Waals surface area contributed by atoms with E-state index in [1.807, 2.05) is 19.1 Å². The zero-order valence-corrected chi connectivity index (χ0v) is 13.2. The molecule has 0 aliphatic rings. The molecule has 0 fully saturated rings. The molecule has 2 rings (SSSR count). The van der Waals surface area contributed by atoms with E-state index in [9.17, 15) is 14.0 Å². The second-order valence-electron chi connectivity index (χ2n) is 5.42. The summed E-state index contributed by atoms with van der Waals surface area (Å²) in [4.78, 5) is 25.5. The summed E-state index contributed by atoms with van der Waals surface area (Å²) in [6, 6.07) is 13.1. The van der Waals surface area contributed by atoms with Gasteiger partial charge in [0.2, 0.25) is 5.91 Å². The lowest BCUT2D eigenvalue weighted by Gasteiger charge is -2.17. The summed E-state index contributed by atoms with van der Waals surface area (Å²) in [6.45, 7) is 2.22. The minimum absolute atomic E-state index is 0.0790. The predicted octanol–water partition coefficient (Wildman–Crippen LogP) is 2.52. The van der Waals surface area contributed by atoms with Crippen LogP contribution in [0.2, 0.25) is 0 Å². The number of rotatable bonds is 5. The fourth-order valence-electron chi connectivity index (χ4n) is 2.05. The predicted molar refractivity (Wildman–Crippen MR) is 86.4 cm³/mol. The summed E-state index contributed by atoms with van der Waals surface area (Å²) < 4.78 is 12.9. The van der Waals surface area contributed by atoms with Crippen LogP contribution < -0.4 is 5.32 Å². The molecule has 0 bridgehead atoms. The van der Waals surface area contributed by atoms with Crippen LogP contribution in [0.1, 0.15) is 21.5 Å². The van der Waals surface area contributed by atoms with Crippen LogP contribution >= 0.6 is 0 Å². The third-order valence-electron chi connectivity index (χ3n) is 3.47. The Labute approximate surface area is 134 Å². The summed E-state index contributed by atoms with van der Waals surface area (Å²) in [5.74, 6) is -0.809. The first-order valence-electron chi connectivity index (χ1n) is 7.29. The van der Waals surface area contributed by atoms with Crippen molar-refractivity contribution in [3.8, 4) is 0 Å². The molecule has 0 aliphatic heterocycles. The Morgan fingerprint density at radius 2 is 1.65 bits per heavy atom. The average molecular weight is 314 g/mol. The first-order chi connectivity index (χ1) is 11.0. The van der Waals surface area contributed by atoms with Crippen molar-refractivity contribution in [2.45, 2.75) is 13.5 Å². The Bertz CT molecular complexity index is 681. The molecule has 0 aliphatic carbocycles. The fraction of sp³-hybridized carbons (Fsp3) is 0.222. The van der Waals surface area contributed by atoms with Gasteiger partial charge >= 0.3 is 0 Å². The van der Waals surface area contributed by atoms with Crippen LogP contribution in [-0.2, 0) is 11.3 Å². The molecule has 23 heavy (non-hydrogen) atoms. The van der Waals surface area contributed by atoms with E-state index in [1.165, 1.54) is 17.0 Å². The summed E-state index contributed by atoms with van der Waals surface area (Å²) in [6.07, 6.45) is 0. The first kappa shape index (κ1) is 16.7. The zero-order chi connectivity index (χ0) is 16.8. The minimum atomic E-state index is -0.312. The Balaban J connectivity index is 1.84. The number of nitrogens with one attached hydrogen (secondary N) is 1. The molecule has 0 aromatic heterocycles. The van der Waals surface area contributed by atoms with Crippen LogP contribution in [0.3, 0.4) is 0 Å². The number of carbonyl (C=O) groups is 2. The Morgan fingerprint density at radius 1 is 1.04 bits per heavy atom. The molecule has 4 nitrogen and oxygen atoms in total. The van der Waals surface area contributed by atoms with Crippen LogP contribution in [0.4, 0.5) is 4.39 Å². The van der Waals surface area contributed by atoms with Crippen LogP contribution in [0.15, 0.2) is 48.5 Å². The maximum Gasteiger partial charge on any atom is 0.251 e. The average Bonchev–Trinajstić information content (AvgIpc) is 2.55. The van der Waals surface area contributed by atoms with Gasteiger partial charge in [0.1, 0.15) is 5.82 Å². The topological polar surface area (TPSA) is 49.4 Å². The molecule has 0 saturated carbocycles. The minimum Gasteiger partial charge on any atom is -0.343 e. The van der Waals surface area contributed by atoms with Crippen molar-refractivity contribution in [2.75, 3.05) is 13.6 Å². The van der Waals surface area contributed by atoms with Gasteiger partial charge in [-0.05, 0) is 36.8 Å². The third kappa shape index (κ3) is 4.92. The van der Waals surface area contributed by atoms with Crippen LogP contribution in [0.25, 0.3) is 0 Å². The van der Waals surface area contributed by atoms with E-state index in [2.05, 4.69) is 5.32 Å². The van der Waals surface area contributed by atoms with E-state index in [1.54, 1.807) is 31.3 Å². The molecule has 5 heteroatoms. The smallest absolute Gasteiger partial charge is 0.251 e. The van der Waals surface area contributed by atoms with Crippen LogP contribution in [-0.4, -0.2) is 30.3 Å². The largest absolute Gasteiger partial charge is 0.343 e. The van der Waals surface area contributed by atoms with Crippen molar-refractivity contribution in [1.82, 2.24) is 10.2 Å². The zero-order valence-electron chi connectivity index (χ0n) is 13.2. The Hall–Kier alpha value is -2.69. The van der Waals surface area contributed by atoms with Gasteiger partial charge in [0, 0.05) is 19.2 Å². The van der Waals surface area contributed by atoms with Crippen molar-refractivity contribution in [2.24, 2.45) is 0 Å². The van der Waals surface area contributed by atoms with E-state index >= 15 is 0 Å². The molecule has 0 saturated heterocycles. The fourth-order valence-corrected chi connectivity index (χ4v) is 2.05. The highest BCUT2D eigenvalue weighted by atomic mass is 19.1. The summed E-state index contributed by atoms with van der Waals surface area (Å²) in [5.41, 5.74) is 2.41. The first-order valence-corrected chi connectivity index (χ1v) is 7.29. The van der Waals surface area contributed by atoms with Crippen molar-refractivity contribution < 1.29 is 14.0 Å². The Morgan fingerprint density at radius 3 is 2.26 bits per heavy atom. The maximum atomic E-state index is 12.9. The van der Waals surface area contributed by atoms with Gasteiger partial charge in [-0.25, -0.2) is 4.39 Å². The van der Waals surface area contributed by atoms with Gasteiger partial charge in [-0.1, -0.05) is 29.8 Å². The van der Waals surface area contributed by atoms with Gasteiger partial charge in [-0.15, -0.1) is 0 Å². The monoisotopic (exact) mass is 314 g/mol. The standard InChI is InChI=1S/C18H19FN2O2/c1-13-3-7-15(8-4-13)18(23)20-11-17(22)21(2)12-14-5-9-16(19)10-6-14/h3-10H,11-12H2,1-2H3,(H,20,23). The quantitative estimate of drug-likeness (QED) is 0.922. The highest BCUT2D eigenvalue weighted by Gasteiger charge is 2.12. The summed E-state index contributed by atoms with van der Waals surface area (Å²) in [7, 11) is 1.64. The molecule has 0 unspecified atom stereocenters. The van der Waals surface area contributed by atoms with Crippen molar-refractivity contribution in [1.29, 1.82) is 0 Å². The molecular formula is C18H19FN2O2. The van der Waals surface area contributed by atoms with Crippen LogP contribution in [0.5, 0.6) is 0 Å². The molecule has 0 atom stereocenters. The van der Waals surface area contributed by atoms with E-state index in [0.29, 0.717) is 12.1 Å². The van der Waals surface area contributed by atoms with Crippen molar-refractivity contribution in [3.63, 3.8) is 0 Å². The number of carbonyl (C=O) groups excluding carboxylic acids is 2. The van der Waals surface area contributed by atoms with Gasteiger partial charge in [-0.3, -0.25) is 9.59 Å². The SMILES string of the molecule is Cc1ccc(C(=O)NCC(=O)N(C)Cc2ccc(F)cc2)cc1. The Kier molecular flexibility index (Phi) is 5.46. The lowest BCUT2D eigenvalue weighted by molar-refractivity contribution is -0.129. The molecule has 0 radical (unpaired) electrons. The lowest BCUT2D eigenvalue weighted by Crippen LogP contribution is -2.37. The number of likely N-dealkylation sites (N-methyl/N-ethyl adjacent to an activating group) is 1. The summed E-state index contributed by atoms with van der Waals surface area (Å²) >= 11 is 0. The van der Waals surface area contributed by atoms with Gasteiger partial charge in [0.25, 0.3) is 5.91 Å². The molecule has 2 amide bonds. The molecular weight excluding hydrogens is 295 g/mol. The number of halogens is 1.